The largest absolute Gasteiger partial charge is 0.497 e. The van der Waals surface area contributed by atoms with Crippen LogP contribution in [-0.4, -0.2) is 50.6 Å². The molecule has 0 radical (unpaired) electrons. The summed E-state index contributed by atoms with van der Waals surface area (Å²) in [5.41, 5.74) is 3.09. The molecule has 28 heavy (non-hydrogen) atoms. The number of methoxy groups -OCH3 is 1. The van der Waals surface area contributed by atoms with Crippen LogP contribution in [0.5, 0.6) is 5.75 Å². The van der Waals surface area contributed by atoms with Crippen LogP contribution in [0, 0.1) is 11.8 Å². The van der Waals surface area contributed by atoms with Gasteiger partial charge in [-0.25, -0.2) is 0 Å². The van der Waals surface area contributed by atoms with Crippen LogP contribution in [-0.2, 0) is 12.0 Å². The highest BCUT2D eigenvalue weighted by atomic mass is 16.5. The van der Waals surface area contributed by atoms with Crippen LogP contribution in [0.3, 0.4) is 0 Å². The zero-order valence-corrected chi connectivity index (χ0v) is 18.2. The van der Waals surface area contributed by atoms with Crippen molar-refractivity contribution in [3.63, 3.8) is 0 Å². The second-order valence-corrected chi connectivity index (χ2v) is 8.77. The van der Waals surface area contributed by atoms with Crippen molar-refractivity contribution in [3.05, 3.63) is 65.7 Å². The fraction of sp³-hybridized carbons (Fsp3) is 0.520. The first kappa shape index (κ1) is 20.9. The van der Waals surface area contributed by atoms with Crippen molar-refractivity contribution in [3.8, 4) is 5.75 Å². The van der Waals surface area contributed by atoms with Crippen LogP contribution >= 0.6 is 0 Å². The Morgan fingerprint density at radius 2 is 1.61 bits per heavy atom. The highest BCUT2D eigenvalue weighted by molar-refractivity contribution is 5.29. The lowest BCUT2D eigenvalue weighted by molar-refractivity contribution is 0.0494. The smallest absolute Gasteiger partial charge is 0.118 e. The Bertz CT molecular complexity index is 716. The lowest BCUT2D eigenvalue weighted by atomic mass is 9.59. The number of likely N-dealkylation sites (tertiary alicyclic amines) is 1. The zero-order chi connectivity index (χ0) is 20.1. The van der Waals surface area contributed by atoms with E-state index in [1.54, 1.807) is 7.11 Å². The van der Waals surface area contributed by atoms with Crippen molar-refractivity contribution in [2.75, 3.05) is 40.8 Å². The first-order valence-electron chi connectivity index (χ1n) is 10.5. The molecule has 152 valence electrons. The normalized spacial score (nSPS) is 25.8. The molecule has 1 aliphatic heterocycles. The van der Waals surface area contributed by atoms with Gasteiger partial charge >= 0.3 is 0 Å². The number of benzene rings is 2. The number of ether oxygens (including phenoxy) is 1. The quantitative estimate of drug-likeness (QED) is 0.694. The Morgan fingerprint density at radius 3 is 2.18 bits per heavy atom. The topological polar surface area (TPSA) is 15.7 Å². The molecule has 0 saturated carbocycles. The maximum atomic E-state index is 5.28. The number of rotatable bonds is 7. The molecule has 3 rings (SSSR count). The van der Waals surface area contributed by atoms with E-state index in [4.69, 9.17) is 4.74 Å². The summed E-state index contributed by atoms with van der Waals surface area (Å²) < 4.78 is 5.28. The van der Waals surface area contributed by atoms with Gasteiger partial charge in [0, 0.05) is 25.0 Å². The predicted octanol–water partition coefficient (Wildman–Crippen LogP) is 4.67. The Kier molecular flexibility index (Phi) is 6.79. The molecule has 3 nitrogen and oxygen atoms in total. The van der Waals surface area contributed by atoms with E-state index in [1.807, 2.05) is 0 Å². The van der Waals surface area contributed by atoms with E-state index in [9.17, 15) is 0 Å². The van der Waals surface area contributed by atoms with Crippen LogP contribution < -0.4 is 4.74 Å². The van der Waals surface area contributed by atoms with Gasteiger partial charge in [-0.05, 0) is 62.2 Å². The summed E-state index contributed by atoms with van der Waals surface area (Å²) in [5, 5.41) is 0. The Balaban J connectivity index is 1.74. The summed E-state index contributed by atoms with van der Waals surface area (Å²) in [7, 11) is 6.22. The predicted molar refractivity (Wildman–Crippen MR) is 118 cm³/mol. The molecule has 0 amide bonds. The monoisotopic (exact) mass is 380 g/mol. The van der Waals surface area contributed by atoms with E-state index in [2.05, 4.69) is 92.3 Å². The minimum absolute atomic E-state index is 0.238. The number of piperidine rings is 1. The Hall–Kier alpha value is -1.84. The minimum Gasteiger partial charge on any atom is -0.497 e. The van der Waals surface area contributed by atoms with Gasteiger partial charge in [0.15, 0.2) is 0 Å². The van der Waals surface area contributed by atoms with Crippen LogP contribution in [0.1, 0.15) is 31.4 Å². The van der Waals surface area contributed by atoms with E-state index in [-0.39, 0.29) is 5.41 Å². The van der Waals surface area contributed by atoms with Crippen molar-refractivity contribution >= 4 is 0 Å². The average molecular weight is 381 g/mol. The van der Waals surface area contributed by atoms with Crippen LogP contribution in [0.15, 0.2) is 54.6 Å². The summed E-state index contributed by atoms with van der Waals surface area (Å²) in [6.07, 6.45) is 1.19. The van der Waals surface area contributed by atoms with Gasteiger partial charge in [0.1, 0.15) is 5.75 Å². The Morgan fingerprint density at radius 1 is 1.00 bits per heavy atom. The maximum Gasteiger partial charge on any atom is 0.118 e. The molecule has 0 N–H and O–H groups in total. The molecular weight excluding hydrogens is 344 g/mol. The molecule has 1 heterocycles. The maximum absolute atomic E-state index is 5.28. The fourth-order valence-corrected chi connectivity index (χ4v) is 5.27. The third-order valence-corrected chi connectivity index (χ3v) is 6.76. The highest BCUT2D eigenvalue weighted by Crippen LogP contribution is 2.46. The second-order valence-electron chi connectivity index (χ2n) is 8.77. The molecule has 2 unspecified atom stereocenters. The van der Waals surface area contributed by atoms with Gasteiger partial charge in [-0.15, -0.1) is 0 Å². The minimum atomic E-state index is 0.238. The first-order chi connectivity index (χ1) is 13.5. The lowest BCUT2D eigenvalue weighted by Gasteiger charge is -2.51. The van der Waals surface area contributed by atoms with Crippen molar-refractivity contribution < 1.29 is 4.74 Å². The molecule has 2 aromatic carbocycles. The molecule has 1 fully saturated rings. The zero-order valence-electron chi connectivity index (χ0n) is 18.2. The number of hydrogen-bond acceptors (Lipinski definition) is 3. The van der Waals surface area contributed by atoms with Crippen LogP contribution in [0.2, 0.25) is 0 Å². The lowest BCUT2D eigenvalue weighted by Crippen LogP contribution is -2.54. The summed E-state index contributed by atoms with van der Waals surface area (Å²) in [4.78, 5) is 4.96. The van der Waals surface area contributed by atoms with Gasteiger partial charge in [0.25, 0.3) is 0 Å². The van der Waals surface area contributed by atoms with Gasteiger partial charge in [0.05, 0.1) is 7.11 Å². The third kappa shape index (κ3) is 4.42. The van der Waals surface area contributed by atoms with E-state index >= 15 is 0 Å². The molecule has 3 heteroatoms. The molecule has 1 saturated heterocycles. The van der Waals surface area contributed by atoms with Gasteiger partial charge < -0.3 is 14.5 Å². The van der Waals surface area contributed by atoms with Gasteiger partial charge in [-0.2, -0.15) is 0 Å². The SMILES string of the molecule is COc1ccc(CN(C)CCC2(c3ccccc3)C(C)CN(C)CC2C)cc1. The Labute approximate surface area is 171 Å². The summed E-state index contributed by atoms with van der Waals surface area (Å²) >= 11 is 0. The van der Waals surface area contributed by atoms with Crippen LogP contribution in [0.25, 0.3) is 0 Å². The van der Waals surface area contributed by atoms with E-state index in [1.165, 1.54) is 30.6 Å². The highest BCUT2D eigenvalue weighted by Gasteiger charge is 2.45. The molecule has 2 aromatic rings. The molecule has 0 aromatic heterocycles. The third-order valence-electron chi connectivity index (χ3n) is 6.76. The van der Waals surface area contributed by atoms with Crippen molar-refractivity contribution in [1.29, 1.82) is 0 Å². The molecule has 0 bridgehead atoms. The van der Waals surface area contributed by atoms with Gasteiger partial charge in [0.2, 0.25) is 0 Å². The molecule has 2 atom stereocenters. The van der Waals surface area contributed by atoms with Gasteiger partial charge in [-0.3, -0.25) is 0 Å². The number of nitrogens with zero attached hydrogens (tertiary/aromatic N) is 2. The second kappa shape index (κ2) is 9.11. The number of hydrogen-bond donors (Lipinski definition) is 0. The van der Waals surface area contributed by atoms with E-state index < -0.39 is 0 Å². The van der Waals surface area contributed by atoms with E-state index in [0.29, 0.717) is 11.8 Å². The van der Waals surface area contributed by atoms with Crippen molar-refractivity contribution in [1.82, 2.24) is 9.80 Å². The molecule has 0 aliphatic carbocycles. The summed E-state index contributed by atoms with van der Waals surface area (Å²) in [6.45, 7) is 9.30. The van der Waals surface area contributed by atoms with E-state index in [0.717, 1.165) is 18.8 Å². The first-order valence-corrected chi connectivity index (χ1v) is 10.5. The average Bonchev–Trinajstić information content (AvgIpc) is 2.69. The molecular formula is C25H36N2O. The fourth-order valence-electron chi connectivity index (χ4n) is 5.27. The standard InChI is InChI=1S/C25H36N2O/c1-20-17-27(4)18-21(2)25(20,23-9-7-6-8-10-23)15-16-26(3)19-22-11-13-24(28-5)14-12-22/h6-14,20-21H,15-19H2,1-5H3. The van der Waals surface area contributed by atoms with Gasteiger partial charge in [-0.1, -0.05) is 56.3 Å². The van der Waals surface area contributed by atoms with Crippen LogP contribution in [0.4, 0.5) is 0 Å². The summed E-state index contributed by atoms with van der Waals surface area (Å²) in [5.74, 6) is 2.19. The summed E-state index contributed by atoms with van der Waals surface area (Å²) in [6, 6.07) is 19.7. The van der Waals surface area contributed by atoms with Crippen molar-refractivity contribution in [2.24, 2.45) is 11.8 Å². The van der Waals surface area contributed by atoms with Crippen molar-refractivity contribution in [2.45, 2.75) is 32.2 Å². The molecule has 1 aliphatic rings. The molecule has 0 spiro atoms.